The molecule has 3 nitrogen and oxygen atoms in total. The highest BCUT2D eigenvalue weighted by Crippen LogP contribution is 2.27. The van der Waals surface area contributed by atoms with E-state index in [4.69, 9.17) is 5.11 Å². The maximum atomic E-state index is 11.1. The number of nitrogens with zero attached hydrogens (tertiary/aromatic N) is 1. The van der Waals surface area contributed by atoms with Gasteiger partial charge in [-0.15, -0.1) is 0 Å². The average molecular weight is 233 g/mol. The van der Waals surface area contributed by atoms with Gasteiger partial charge in [-0.3, -0.25) is 0 Å². The molecular weight excluding hydrogens is 214 g/mol. The Labute approximate surface area is 102 Å². The van der Waals surface area contributed by atoms with Gasteiger partial charge in [0.1, 0.15) is 0 Å². The van der Waals surface area contributed by atoms with Gasteiger partial charge < -0.3 is 10.0 Å². The summed E-state index contributed by atoms with van der Waals surface area (Å²) in [6, 6.07) is 5.54. The lowest BCUT2D eigenvalue weighted by Crippen LogP contribution is -2.33. The Balaban J connectivity index is 2.27. The van der Waals surface area contributed by atoms with Crippen molar-refractivity contribution in [3.8, 4) is 0 Å². The van der Waals surface area contributed by atoms with E-state index in [0.717, 1.165) is 30.3 Å². The molecule has 3 heteroatoms. The third-order valence-corrected chi connectivity index (χ3v) is 3.66. The number of benzene rings is 1. The van der Waals surface area contributed by atoms with Gasteiger partial charge in [-0.05, 0) is 43.4 Å². The summed E-state index contributed by atoms with van der Waals surface area (Å²) < 4.78 is 0. The van der Waals surface area contributed by atoms with Crippen molar-refractivity contribution < 1.29 is 9.90 Å². The van der Waals surface area contributed by atoms with Crippen molar-refractivity contribution in [3.63, 3.8) is 0 Å². The fraction of sp³-hybridized carbons (Fsp3) is 0.500. The average Bonchev–Trinajstić information content (AvgIpc) is 2.30. The van der Waals surface area contributed by atoms with Crippen LogP contribution < -0.4 is 4.90 Å². The number of carbonyl (C=O) groups is 1. The van der Waals surface area contributed by atoms with Crippen molar-refractivity contribution in [2.24, 2.45) is 5.92 Å². The number of aromatic carboxylic acids is 1. The standard InChI is InChI=1S/C14H19NO2/c1-10-6-8-15(9-7-10)13-5-3-4-12(11(13)2)14(16)17/h3-5,10H,6-9H2,1-2H3,(H,16,17). The number of piperidine rings is 1. The molecule has 1 N–H and O–H groups in total. The number of anilines is 1. The van der Waals surface area contributed by atoms with Crippen molar-refractivity contribution in [2.75, 3.05) is 18.0 Å². The molecule has 1 aliphatic heterocycles. The van der Waals surface area contributed by atoms with Crippen LogP contribution in [-0.4, -0.2) is 24.2 Å². The lowest BCUT2D eigenvalue weighted by molar-refractivity contribution is 0.0696. The predicted molar refractivity (Wildman–Crippen MR) is 68.7 cm³/mol. The molecule has 0 aromatic heterocycles. The van der Waals surface area contributed by atoms with E-state index in [2.05, 4.69) is 11.8 Å². The fourth-order valence-corrected chi connectivity index (χ4v) is 2.45. The summed E-state index contributed by atoms with van der Waals surface area (Å²) >= 11 is 0. The Kier molecular flexibility index (Phi) is 3.36. The van der Waals surface area contributed by atoms with Gasteiger partial charge in [0.25, 0.3) is 0 Å². The molecule has 0 radical (unpaired) electrons. The summed E-state index contributed by atoms with van der Waals surface area (Å²) in [6.45, 7) is 6.24. The van der Waals surface area contributed by atoms with E-state index < -0.39 is 5.97 Å². The van der Waals surface area contributed by atoms with Crippen LogP contribution in [0.1, 0.15) is 35.7 Å². The fourth-order valence-electron chi connectivity index (χ4n) is 2.45. The van der Waals surface area contributed by atoms with Gasteiger partial charge in [-0.25, -0.2) is 4.79 Å². The van der Waals surface area contributed by atoms with Crippen molar-refractivity contribution in [2.45, 2.75) is 26.7 Å². The van der Waals surface area contributed by atoms with E-state index in [-0.39, 0.29) is 0 Å². The smallest absolute Gasteiger partial charge is 0.336 e. The zero-order valence-electron chi connectivity index (χ0n) is 10.4. The van der Waals surface area contributed by atoms with Gasteiger partial charge in [0.05, 0.1) is 5.56 Å². The number of hydrogen-bond donors (Lipinski definition) is 1. The normalized spacial score (nSPS) is 17.2. The third-order valence-electron chi connectivity index (χ3n) is 3.66. The van der Waals surface area contributed by atoms with E-state index in [1.165, 1.54) is 12.8 Å². The predicted octanol–water partition coefficient (Wildman–Crippen LogP) is 2.93. The number of carboxylic acids is 1. The monoisotopic (exact) mass is 233 g/mol. The first kappa shape index (κ1) is 12.0. The Morgan fingerprint density at radius 2 is 2.00 bits per heavy atom. The molecule has 17 heavy (non-hydrogen) atoms. The Morgan fingerprint density at radius 1 is 1.35 bits per heavy atom. The first-order chi connectivity index (χ1) is 8.09. The minimum Gasteiger partial charge on any atom is -0.478 e. The molecule has 0 aliphatic carbocycles. The van der Waals surface area contributed by atoms with Gasteiger partial charge in [-0.1, -0.05) is 13.0 Å². The zero-order chi connectivity index (χ0) is 12.4. The minimum absolute atomic E-state index is 0.418. The summed E-state index contributed by atoms with van der Waals surface area (Å²) in [5, 5.41) is 9.11. The molecule has 1 heterocycles. The summed E-state index contributed by atoms with van der Waals surface area (Å²) in [6.07, 6.45) is 2.38. The molecule has 0 spiro atoms. The first-order valence-electron chi connectivity index (χ1n) is 6.17. The van der Waals surface area contributed by atoms with Crippen molar-refractivity contribution >= 4 is 11.7 Å². The molecule has 1 aromatic carbocycles. The van der Waals surface area contributed by atoms with Crippen LogP contribution in [0.5, 0.6) is 0 Å². The van der Waals surface area contributed by atoms with E-state index in [1.54, 1.807) is 6.07 Å². The van der Waals surface area contributed by atoms with Crippen LogP contribution in [-0.2, 0) is 0 Å². The van der Waals surface area contributed by atoms with Gasteiger partial charge in [0.15, 0.2) is 0 Å². The maximum Gasteiger partial charge on any atom is 0.336 e. The van der Waals surface area contributed by atoms with Gasteiger partial charge >= 0.3 is 5.97 Å². The van der Waals surface area contributed by atoms with E-state index in [1.807, 2.05) is 19.1 Å². The second kappa shape index (κ2) is 4.78. The molecule has 0 saturated carbocycles. The van der Waals surface area contributed by atoms with Crippen LogP contribution in [0.4, 0.5) is 5.69 Å². The molecule has 1 aromatic rings. The van der Waals surface area contributed by atoms with E-state index in [9.17, 15) is 4.79 Å². The van der Waals surface area contributed by atoms with Gasteiger partial charge in [0.2, 0.25) is 0 Å². The third kappa shape index (κ3) is 2.43. The highest BCUT2D eigenvalue weighted by Gasteiger charge is 2.19. The number of hydrogen-bond acceptors (Lipinski definition) is 2. The molecule has 1 saturated heterocycles. The van der Waals surface area contributed by atoms with Crippen molar-refractivity contribution in [1.29, 1.82) is 0 Å². The Hall–Kier alpha value is -1.51. The highest BCUT2D eigenvalue weighted by atomic mass is 16.4. The van der Waals surface area contributed by atoms with E-state index >= 15 is 0 Å². The van der Waals surface area contributed by atoms with Crippen molar-refractivity contribution in [3.05, 3.63) is 29.3 Å². The highest BCUT2D eigenvalue weighted by molar-refractivity contribution is 5.91. The maximum absolute atomic E-state index is 11.1. The Bertz CT molecular complexity index is 420. The molecular formula is C14H19NO2. The van der Waals surface area contributed by atoms with Crippen LogP contribution in [0, 0.1) is 12.8 Å². The molecule has 92 valence electrons. The van der Waals surface area contributed by atoms with Crippen LogP contribution in [0.15, 0.2) is 18.2 Å². The minimum atomic E-state index is -0.838. The molecule has 0 amide bonds. The van der Waals surface area contributed by atoms with Crippen LogP contribution >= 0.6 is 0 Å². The SMILES string of the molecule is Cc1c(C(=O)O)cccc1N1CCC(C)CC1. The number of carboxylic acid groups (broad SMARTS) is 1. The number of rotatable bonds is 2. The zero-order valence-corrected chi connectivity index (χ0v) is 10.4. The van der Waals surface area contributed by atoms with Crippen LogP contribution in [0.25, 0.3) is 0 Å². The van der Waals surface area contributed by atoms with Crippen LogP contribution in [0.2, 0.25) is 0 Å². The van der Waals surface area contributed by atoms with Crippen LogP contribution in [0.3, 0.4) is 0 Å². The van der Waals surface area contributed by atoms with Gasteiger partial charge in [-0.2, -0.15) is 0 Å². The molecule has 1 fully saturated rings. The van der Waals surface area contributed by atoms with Crippen molar-refractivity contribution in [1.82, 2.24) is 0 Å². The molecule has 1 aliphatic rings. The lowest BCUT2D eigenvalue weighted by Gasteiger charge is -2.33. The summed E-state index contributed by atoms with van der Waals surface area (Å²) in [5.41, 5.74) is 2.38. The molecule has 2 rings (SSSR count). The summed E-state index contributed by atoms with van der Waals surface area (Å²) in [7, 11) is 0. The second-order valence-electron chi connectivity index (χ2n) is 4.92. The lowest BCUT2D eigenvalue weighted by atomic mass is 9.97. The molecule has 0 atom stereocenters. The van der Waals surface area contributed by atoms with Gasteiger partial charge in [0, 0.05) is 18.8 Å². The summed E-state index contributed by atoms with van der Waals surface area (Å²) in [5.74, 6) is -0.0519. The second-order valence-corrected chi connectivity index (χ2v) is 4.92. The summed E-state index contributed by atoms with van der Waals surface area (Å²) in [4.78, 5) is 13.4. The largest absolute Gasteiger partial charge is 0.478 e. The Morgan fingerprint density at radius 3 is 2.59 bits per heavy atom. The van der Waals surface area contributed by atoms with E-state index in [0.29, 0.717) is 5.56 Å². The first-order valence-corrected chi connectivity index (χ1v) is 6.17. The molecule has 0 bridgehead atoms. The molecule has 0 unspecified atom stereocenters. The topological polar surface area (TPSA) is 40.5 Å². The quantitative estimate of drug-likeness (QED) is 0.853.